The highest BCUT2D eigenvalue weighted by Crippen LogP contribution is 2.57. The van der Waals surface area contributed by atoms with Gasteiger partial charge in [-0.25, -0.2) is 0 Å². The molecule has 8 nitrogen and oxygen atoms in total. The summed E-state index contributed by atoms with van der Waals surface area (Å²) in [5.74, 6) is 0.562. The van der Waals surface area contributed by atoms with Gasteiger partial charge in [-0.15, -0.1) is 0 Å². The third-order valence-corrected chi connectivity index (χ3v) is 13.7. The van der Waals surface area contributed by atoms with Crippen LogP contribution in [0.1, 0.15) is 0 Å². The Morgan fingerprint density at radius 1 is 0.400 bits per heavy atom. The summed E-state index contributed by atoms with van der Waals surface area (Å²) < 4.78 is 39.7. The van der Waals surface area contributed by atoms with Gasteiger partial charge in [-0.05, 0) is 59.7 Å². The SMILES string of the molecule is O=P1(c2cc(O)c3ccccc3c2O)Oc2ccccc2-c2ccccc21.O=P1(c2cc(O)ccc2O)Oc2ccccc2-c2ccccc21. The molecule has 7 aromatic carbocycles. The topological polar surface area (TPSA) is 134 Å². The van der Waals surface area contributed by atoms with Crippen LogP contribution >= 0.6 is 14.7 Å². The smallest absolute Gasteiger partial charge is 0.311 e. The Labute approximate surface area is 287 Å². The Kier molecular flexibility index (Phi) is 7.45. The Balaban J connectivity index is 0.000000146. The predicted octanol–water partition coefficient (Wildman–Crippen LogP) is 7.93. The van der Waals surface area contributed by atoms with Crippen molar-refractivity contribution in [3.8, 4) is 56.8 Å². The van der Waals surface area contributed by atoms with Crippen molar-refractivity contribution in [3.63, 3.8) is 0 Å². The van der Waals surface area contributed by atoms with Crippen molar-refractivity contribution in [1.29, 1.82) is 0 Å². The fourth-order valence-electron chi connectivity index (χ4n) is 6.49. The molecule has 2 aliphatic rings. The molecule has 7 aromatic rings. The normalized spacial score (nSPS) is 18.2. The minimum absolute atomic E-state index is 0.0476. The zero-order valence-corrected chi connectivity index (χ0v) is 28.0. The number of aromatic hydroxyl groups is 4. The van der Waals surface area contributed by atoms with E-state index in [0.29, 0.717) is 32.9 Å². The average Bonchev–Trinajstić information content (AvgIpc) is 3.14. The Morgan fingerprint density at radius 2 is 0.860 bits per heavy atom. The molecule has 2 atom stereocenters. The number of phenolic OH excluding ortho intramolecular Hbond substituents is 4. The second-order valence-corrected chi connectivity index (χ2v) is 16.3. The summed E-state index contributed by atoms with van der Waals surface area (Å²) in [5, 5.41) is 43.4. The third kappa shape index (κ3) is 4.92. The summed E-state index contributed by atoms with van der Waals surface area (Å²) in [5.41, 5.74) is 3.31. The fourth-order valence-corrected chi connectivity index (χ4v) is 11.2. The Hall–Kier alpha value is -5.94. The molecule has 10 heteroatoms. The molecule has 0 aromatic heterocycles. The van der Waals surface area contributed by atoms with Gasteiger partial charge in [0.2, 0.25) is 0 Å². The maximum atomic E-state index is 14.1. The lowest BCUT2D eigenvalue weighted by Crippen LogP contribution is -2.25. The maximum absolute atomic E-state index is 14.1. The summed E-state index contributed by atoms with van der Waals surface area (Å²) in [6.45, 7) is 0. The van der Waals surface area contributed by atoms with Crippen molar-refractivity contribution >= 4 is 46.7 Å². The van der Waals surface area contributed by atoms with Crippen LogP contribution < -0.4 is 30.3 Å². The molecule has 0 bridgehead atoms. The number of rotatable bonds is 2. The second-order valence-electron chi connectivity index (χ2n) is 11.8. The van der Waals surface area contributed by atoms with Gasteiger partial charge in [0, 0.05) is 21.9 Å². The first-order chi connectivity index (χ1) is 24.2. The largest absolute Gasteiger partial charge is 0.508 e. The summed E-state index contributed by atoms with van der Waals surface area (Å²) in [4.78, 5) is 0. The number of hydrogen-bond donors (Lipinski definition) is 4. The first-order valence-corrected chi connectivity index (χ1v) is 18.9. The van der Waals surface area contributed by atoms with Crippen molar-refractivity contribution < 1.29 is 38.6 Å². The van der Waals surface area contributed by atoms with E-state index >= 15 is 0 Å². The van der Waals surface area contributed by atoms with Gasteiger partial charge in [-0.3, -0.25) is 9.13 Å². The highest BCUT2D eigenvalue weighted by atomic mass is 31.2. The van der Waals surface area contributed by atoms with Crippen LogP contribution in [0.3, 0.4) is 0 Å². The number of benzene rings is 7. The van der Waals surface area contributed by atoms with E-state index in [0.717, 1.165) is 22.3 Å². The molecule has 0 amide bonds. The van der Waals surface area contributed by atoms with E-state index in [9.17, 15) is 29.6 Å². The lowest BCUT2D eigenvalue weighted by molar-refractivity contribution is 0.459. The van der Waals surface area contributed by atoms with Gasteiger partial charge < -0.3 is 29.5 Å². The number of para-hydroxylation sites is 2. The number of hydrogen-bond acceptors (Lipinski definition) is 8. The monoisotopic (exact) mass is 698 g/mol. The fraction of sp³-hybridized carbons (Fsp3) is 0. The zero-order valence-electron chi connectivity index (χ0n) is 26.2. The minimum Gasteiger partial charge on any atom is -0.508 e. The Morgan fingerprint density at radius 3 is 1.44 bits per heavy atom. The van der Waals surface area contributed by atoms with Crippen LogP contribution in [-0.4, -0.2) is 20.4 Å². The highest BCUT2D eigenvalue weighted by Gasteiger charge is 2.41. The van der Waals surface area contributed by atoms with E-state index in [-0.39, 0.29) is 33.6 Å². The first kappa shape index (κ1) is 31.3. The van der Waals surface area contributed by atoms with Gasteiger partial charge in [-0.1, -0.05) is 97.1 Å². The molecule has 4 N–H and O–H groups in total. The molecule has 0 aliphatic carbocycles. The van der Waals surface area contributed by atoms with Gasteiger partial charge in [0.05, 0.1) is 21.2 Å². The summed E-state index contributed by atoms with van der Waals surface area (Å²) >= 11 is 0. The number of fused-ring (bicyclic) bond motifs is 7. The molecule has 0 spiro atoms. The molecule has 0 fully saturated rings. The molecule has 2 unspecified atom stereocenters. The van der Waals surface area contributed by atoms with Crippen LogP contribution in [0.2, 0.25) is 0 Å². The van der Waals surface area contributed by atoms with Crippen LogP contribution in [0.5, 0.6) is 34.5 Å². The van der Waals surface area contributed by atoms with Crippen LogP contribution in [0.15, 0.2) is 146 Å². The van der Waals surface area contributed by atoms with Crippen LogP contribution in [0.25, 0.3) is 33.0 Å². The van der Waals surface area contributed by atoms with E-state index in [1.165, 1.54) is 24.3 Å². The molecule has 2 aliphatic heterocycles. The summed E-state index contributed by atoms with van der Waals surface area (Å²) in [6, 6.07) is 41.5. The second kappa shape index (κ2) is 11.9. The molecule has 50 heavy (non-hydrogen) atoms. The van der Waals surface area contributed by atoms with Gasteiger partial charge in [0.15, 0.2) is 0 Å². The molecule has 0 saturated carbocycles. The highest BCUT2D eigenvalue weighted by molar-refractivity contribution is 7.75. The molecular formula is C40H28O8P2. The van der Waals surface area contributed by atoms with Gasteiger partial charge in [0.25, 0.3) is 0 Å². The zero-order chi connectivity index (χ0) is 34.6. The van der Waals surface area contributed by atoms with E-state index in [1.807, 2.05) is 54.6 Å². The van der Waals surface area contributed by atoms with Crippen molar-refractivity contribution in [1.82, 2.24) is 0 Å². The maximum Gasteiger partial charge on any atom is 0.311 e. The lowest BCUT2D eigenvalue weighted by atomic mass is 10.0. The molecule has 0 radical (unpaired) electrons. The van der Waals surface area contributed by atoms with Crippen LogP contribution in [0, 0.1) is 0 Å². The molecule has 9 rings (SSSR count). The van der Waals surface area contributed by atoms with Gasteiger partial charge >= 0.3 is 14.7 Å². The van der Waals surface area contributed by atoms with Crippen molar-refractivity contribution in [2.24, 2.45) is 0 Å². The van der Waals surface area contributed by atoms with Crippen molar-refractivity contribution in [2.45, 2.75) is 0 Å². The van der Waals surface area contributed by atoms with Crippen molar-refractivity contribution in [3.05, 3.63) is 146 Å². The first-order valence-electron chi connectivity index (χ1n) is 15.6. The minimum atomic E-state index is -3.67. The molecular weight excluding hydrogens is 670 g/mol. The summed E-state index contributed by atoms with van der Waals surface area (Å²) in [7, 11) is -7.23. The molecule has 246 valence electrons. The van der Waals surface area contributed by atoms with Gasteiger partial charge in [0.1, 0.15) is 34.5 Å². The molecule has 2 heterocycles. The predicted molar refractivity (Wildman–Crippen MR) is 196 cm³/mol. The number of phenols is 4. The quantitative estimate of drug-likeness (QED) is 0.106. The molecule has 0 saturated heterocycles. The van der Waals surface area contributed by atoms with E-state index < -0.39 is 14.7 Å². The van der Waals surface area contributed by atoms with E-state index in [4.69, 9.17) is 9.05 Å². The van der Waals surface area contributed by atoms with Crippen LogP contribution in [0.4, 0.5) is 0 Å². The van der Waals surface area contributed by atoms with E-state index in [2.05, 4.69) is 0 Å². The van der Waals surface area contributed by atoms with Crippen LogP contribution in [-0.2, 0) is 9.13 Å². The Bertz CT molecular complexity index is 2580. The van der Waals surface area contributed by atoms with Crippen molar-refractivity contribution in [2.75, 3.05) is 0 Å². The van der Waals surface area contributed by atoms with Gasteiger partial charge in [-0.2, -0.15) is 0 Å². The lowest BCUT2D eigenvalue weighted by Gasteiger charge is -2.29. The van der Waals surface area contributed by atoms with E-state index in [1.54, 1.807) is 66.7 Å². The summed E-state index contributed by atoms with van der Waals surface area (Å²) in [6.07, 6.45) is 0. The average molecular weight is 699 g/mol. The third-order valence-electron chi connectivity index (χ3n) is 8.82. The standard InChI is InChI=1S/C22H15O4P.C18H13O4P/c23-18-13-21(22(24)17-10-2-1-7-14(17)18)27(25)20-12-6-4-9-16(20)15-8-3-5-11-19(15)26-27;19-12-9-10-15(20)18(11-12)23(21)17-8-4-2-6-14(17)13-5-1-3-7-16(13)22-23/h1-13,23-24H;1-11,19-20H.